The minimum atomic E-state index is -0.619. The number of hydrogen-bond donors (Lipinski definition) is 3. The van der Waals surface area contributed by atoms with E-state index in [4.69, 9.17) is 5.73 Å². The molecule has 7 heteroatoms. The van der Waals surface area contributed by atoms with Gasteiger partial charge in [0, 0.05) is 18.5 Å². The lowest BCUT2D eigenvalue weighted by Gasteiger charge is -2.07. The summed E-state index contributed by atoms with van der Waals surface area (Å²) >= 11 is 0. The third-order valence-electron chi connectivity index (χ3n) is 2.83. The minimum Gasteiger partial charge on any atom is -0.370 e. The fourth-order valence-corrected chi connectivity index (χ4v) is 1.62. The monoisotopic (exact) mass is 282 g/mol. The summed E-state index contributed by atoms with van der Waals surface area (Å²) in [4.78, 5) is 15.2. The maximum Gasteiger partial charge on any atom is 0.223 e. The molecule has 1 fully saturated rings. The quantitative estimate of drug-likeness (QED) is 0.431. The molecule has 4 N–H and O–H groups in total. The van der Waals surface area contributed by atoms with Crippen LogP contribution in [0.1, 0.15) is 12.8 Å². The fraction of sp³-hybridized carbons (Fsp3) is 0.385. The number of guanidine groups is 1. The molecule has 1 aliphatic carbocycles. The first kappa shape index (κ1) is 14.2. The van der Waals surface area contributed by atoms with Gasteiger partial charge in [-0.25, -0.2) is 8.78 Å². The van der Waals surface area contributed by atoms with Gasteiger partial charge in [0.1, 0.15) is 11.6 Å². The van der Waals surface area contributed by atoms with Gasteiger partial charge in [-0.1, -0.05) is 0 Å². The molecule has 2 rings (SSSR count). The van der Waals surface area contributed by atoms with E-state index in [9.17, 15) is 13.6 Å². The largest absolute Gasteiger partial charge is 0.370 e. The van der Waals surface area contributed by atoms with Crippen molar-refractivity contribution in [3.8, 4) is 0 Å². The Balaban J connectivity index is 1.78. The Morgan fingerprint density at radius 1 is 1.40 bits per heavy atom. The molecule has 1 aliphatic rings. The molecule has 0 aliphatic heterocycles. The topological polar surface area (TPSA) is 79.5 Å². The molecule has 0 atom stereocenters. The number of nitrogens with one attached hydrogen (secondary N) is 2. The Hall–Kier alpha value is -2.18. The molecule has 1 aromatic carbocycles. The molecule has 0 radical (unpaired) electrons. The van der Waals surface area contributed by atoms with Crippen LogP contribution >= 0.6 is 0 Å². The van der Waals surface area contributed by atoms with Crippen LogP contribution in [0.5, 0.6) is 0 Å². The summed E-state index contributed by atoms with van der Waals surface area (Å²) in [6.07, 6.45) is 1.88. The number of anilines is 1. The van der Waals surface area contributed by atoms with E-state index in [-0.39, 0.29) is 30.0 Å². The van der Waals surface area contributed by atoms with Gasteiger partial charge >= 0.3 is 0 Å². The number of halogens is 2. The Bertz CT molecular complexity index is 529. The predicted octanol–water partition coefficient (Wildman–Crippen LogP) is 1.22. The zero-order chi connectivity index (χ0) is 14.5. The fourth-order valence-electron chi connectivity index (χ4n) is 1.62. The summed E-state index contributed by atoms with van der Waals surface area (Å²) in [6, 6.07) is 3.01. The second-order valence-corrected chi connectivity index (χ2v) is 4.58. The van der Waals surface area contributed by atoms with E-state index in [1.165, 1.54) is 0 Å². The van der Waals surface area contributed by atoms with E-state index < -0.39 is 11.6 Å². The van der Waals surface area contributed by atoms with Gasteiger partial charge in [-0.2, -0.15) is 0 Å². The van der Waals surface area contributed by atoms with Crippen LogP contribution in [-0.2, 0) is 4.79 Å². The van der Waals surface area contributed by atoms with Crippen LogP contribution in [0.15, 0.2) is 23.2 Å². The van der Waals surface area contributed by atoms with E-state index >= 15 is 0 Å². The second kappa shape index (κ2) is 6.31. The van der Waals surface area contributed by atoms with E-state index in [1.807, 2.05) is 0 Å². The first-order chi connectivity index (χ1) is 9.56. The van der Waals surface area contributed by atoms with Crippen molar-refractivity contribution in [3.63, 3.8) is 0 Å². The van der Waals surface area contributed by atoms with Crippen LogP contribution in [0, 0.1) is 17.6 Å². The molecule has 0 bridgehead atoms. The molecule has 0 aromatic heterocycles. The highest BCUT2D eigenvalue weighted by molar-refractivity contribution is 5.92. The van der Waals surface area contributed by atoms with Gasteiger partial charge in [0.2, 0.25) is 5.91 Å². The highest BCUT2D eigenvalue weighted by atomic mass is 19.1. The number of nitrogens with two attached hydrogens (primary N) is 1. The maximum atomic E-state index is 13.3. The average molecular weight is 282 g/mol. The summed E-state index contributed by atoms with van der Waals surface area (Å²) in [5.74, 6) is -1.04. The molecular formula is C13H16F2N4O. The van der Waals surface area contributed by atoms with Crippen molar-refractivity contribution in [1.29, 1.82) is 0 Å². The Kier molecular flexibility index (Phi) is 4.49. The van der Waals surface area contributed by atoms with Crippen LogP contribution < -0.4 is 16.4 Å². The lowest BCUT2D eigenvalue weighted by Crippen LogP contribution is -2.29. The van der Waals surface area contributed by atoms with Crippen molar-refractivity contribution in [3.05, 3.63) is 29.8 Å². The number of carbonyl (C=O) groups is 1. The minimum absolute atomic E-state index is 0.0305. The van der Waals surface area contributed by atoms with Crippen LogP contribution in [0.25, 0.3) is 0 Å². The van der Waals surface area contributed by atoms with Gasteiger partial charge in [0.15, 0.2) is 5.96 Å². The highest BCUT2D eigenvalue weighted by Crippen LogP contribution is 2.28. The van der Waals surface area contributed by atoms with Crippen LogP contribution in [0.3, 0.4) is 0 Å². The Morgan fingerprint density at radius 3 is 2.85 bits per heavy atom. The molecule has 1 amide bonds. The van der Waals surface area contributed by atoms with Crippen molar-refractivity contribution < 1.29 is 13.6 Å². The zero-order valence-electron chi connectivity index (χ0n) is 10.8. The number of hydrogen-bond acceptors (Lipinski definition) is 2. The van der Waals surface area contributed by atoms with Gasteiger partial charge in [0.25, 0.3) is 0 Å². The number of benzene rings is 1. The van der Waals surface area contributed by atoms with Crippen LogP contribution in [0.2, 0.25) is 0 Å². The molecule has 1 saturated carbocycles. The van der Waals surface area contributed by atoms with Crippen molar-refractivity contribution >= 4 is 17.6 Å². The average Bonchev–Trinajstić information content (AvgIpc) is 3.23. The summed E-state index contributed by atoms with van der Waals surface area (Å²) in [5, 5.41) is 5.20. The van der Waals surface area contributed by atoms with Crippen molar-refractivity contribution in [2.75, 3.05) is 18.4 Å². The lowest BCUT2D eigenvalue weighted by molar-refractivity contribution is -0.122. The summed E-state index contributed by atoms with van der Waals surface area (Å²) in [7, 11) is 0. The number of nitrogens with zero attached hydrogens (tertiary/aromatic N) is 1. The first-order valence-electron chi connectivity index (χ1n) is 6.36. The van der Waals surface area contributed by atoms with E-state index in [2.05, 4.69) is 15.6 Å². The van der Waals surface area contributed by atoms with Crippen LogP contribution in [0.4, 0.5) is 14.5 Å². The molecule has 5 nitrogen and oxygen atoms in total. The first-order valence-corrected chi connectivity index (χ1v) is 6.36. The normalized spacial score (nSPS) is 15.0. The van der Waals surface area contributed by atoms with E-state index in [0.717, 1.165) is 31.0 Å². The third-order valence-corrected chi connectivity index (χ3v) is 2.83. The molecule has 0 saturated heterocycles. The SMILES string of the molecule is NC(=NCCNC(=O)C1CC1)Nc1cc(F)ccc1F. The molecular weight excluding hydrogens is 266 g/mol. The van der Waals surface area contributed by atoms with Crippen LogP contribution in [-0.4, -0.2) is 25.0 Å². The predicted molar refractivity (Wildman–Crippen MR) is 72.2 cm³/mol. The van der Waals surface area contributed by atoms with Crippen molar-refractivity contribution in [2.24, 2.45) is 16.6 Å². The van der Waals surface area contributed by atoms with Gasteiger partial charge in [-0.15, -0.1) is 0 Å². The molecule has 108 valence electrons. The summed E-state index contributed by atoms with van der Waals surface area (Å²) < 4.78 is 26.3. The number of amides is 1. The third kappa shape index (κ3) is 4.18. The van der Waals surface area contributed by atoms with Gasteiger partial charge < -0.3 is 16.4 Å². The van der Waals surface area contributed by atoms with Gasteiger partial charge in [-0.3, -0.25) is 9.79 Å². The Morgan fingerprint density at radius 2 is 2.15 bits per heavy atom. The van der Waals surface area contributed by atoms with Gasteiger partial charge in [0.05, 0.1) is 12.2 Å². The zero-order valence-corrected chi connectivity index (χ0v) is 10.8. The standard InChI is InChI=1S/C13H16F2N4O/c14-9-3-4-10(15)11(7-9)19-13(16)18-6-5-17-12(20)8-1-2-8/h3-4,7-8H,1-2,5-6H2,(H,17,20)(H3,16,18,19). The molecule has 1 aromatic rings. The highest BCUT2D eigenvalue weighted by Gasteiger charge is 2.28. The second-order valence-electron chi connectivity index (χ2n) is 4.58. The molecule has 0 heterocycles. The molecule has 0 unspecified atom stereocenters. The maximum absolute atomic E-state index is 13.3. The van der Waals surface area contributed by atoms with E-state index in [1.54, 1.807) is 0 Å². The van der Waals surface area contributed by atoms with Crippen molar-refractivity contribution in [2.45, 2.75) is 12.8 Å². The Labute approximate surface area is 115 Å². The summed E-state index contributed by atoms with van der Waals surface area (Å²) in [6.45, 7) is 0.636. The molecule has 20 heavy (non-hydrogen) atoms. The smallest absolute Gasteiger partial charge is 0.223 e. The van der Waals surface area contributed by atoms with E-state index in [0.29, 0.717) is 6.54 Å². The molecule has 0 spiro atoms. The number of aliphatic imine (C=N–C) groups is 1. The lowest BCUT2D eigenvalue weighted by atomic mass is 10.3. The van der Waals surface area contributed by atoms with Gasteiger partial charge in [-0.05, 0) is 25.0 Å². The van der Waals surface area contributed by atoms with Crippen molar-refractivity contribution in [1.82, 2.24) is 5.32 Å². The summed E-state index contributed by atoms with van der Waals surface area (Å²) in [5.41, 5.74) is 5.48. The number of carbonyl (C=O) groups excluding carboxylic acids is 1. The number of rotatable bonds is 5.